The Bertz CT molecular complexity index is 1260. The highest BCUT2D eigenvalue weighted by Gasteiger charge is 2.28. The molecule has 0 unspecified atom stereocenters. The molecule has 3 aromatic carbocycles. The fraction of sp³-hybridized carbons (Fsp3) is 0.125. The van der Waals surface area contributed by atoms with E-state index in [1.807, 2.05) is 24.3 Å². The maximum atomic E-state index is 12.6. The number of aryl methyl sites for hydroxylation is 1. The lowest BCUT2D eigenvalue weighted by molar-refractivity contribution is 0.101. The Morgan fingerprint density at radius 1 is 0.935 bits per heavy atom. The second kappa shape index (κ2) is 8.28. The lowest BCUT2D eigenvalue weighted by Crippen LogP contribution is -2.09. The highest BCUT2D eigenvalue weighted by Crippen LogP contribution is 2.35. The predicted molar refractivity (Wildman–Crippen MR) is 116 cm³/mol. The van der Waals surface area contributed by atoms with Crippen LogP contribution in [0.5, 0.6) is 17.2 Å². The smallest absolute Gasteiger partial charge is 0.339 e. The summed E-state index contributed by atoms with van der Waals surface area (Å²) in [4.78, 5) is 12.6. The molecule has 0 saturated carbocycles. The second-order valence-corrected chi connectivity index (χ2v) is 8.45. The van der Waals surface area contributed by atoms with Crippen molar-refractivity contribution >= 4 is 22.0 Å². The van der Waals surface area contributed by atoms with Crippen LogP contribution in [0.15, 0.2) is 77.4 Å². The van der Waals surface area contributed by atoms with Crippen LogP contribution in [0.25, 0.3) is 6.08 Å². The van der Waals surface area contributed by atoms with Gasteiger partial charge in [-0.05, 0) is 60.0 Å². The molecule has 6 nitrogen and oxygen atoms in total. The van der Waals surface area contributed by atoms with E-state index in [9.17, 15) is 13.2 Å². The van der Waals surface area contributed by atoms with Gasteiger partial charge in [0, 0.05) is 6.07 Å². The van der Waals surface area contributed by atoms with E-state index in [2.05, 4.69) is 6.92 Å². The van der Waals surface area contributed by atoms with Gasteiger partial charge in [-0.15, -0.1) is 0 Å². The first-order valence-electron chi connectivity index (χ1n) is 9.65. The van der Waals surface area contributed by atoms with E-state index >= 15 is 0 Å². The molecule has 0 fully saturated rings. The minimum absolute atomic E-state index is 0.0121. The summed E-state index contributed by atoms with van der Waals surface area (Å²) in [5.74, 6) is 0.750. The molecule has 0 amide bonds. The topological polar surface area (TPSA) is 78.9 Å². The third-order valence-electron chi connectivity index (χ3n) is 4.88. The largest absolute Gasteiger partial charge is 0.497 e. The van der Waals surface area contributed by atoms with Gasteiger partial charge in [0.15, 0.2) is 5.76 Å². The van der Waals surface area contributed by atoms with Crippen LogP contribution in [-0.2, 0) is 16.5 Å². The number of carbonyl (C=O) groups excluding carboxylic acids is 1. The highest BCUT2D eigenvalue weighted by atomic mass is 32.2. The third-order valence-corrected chi connectivity index (χ3v) is 6.14. The van der Waals surface area contributed by atoms with Crippen LogP contribution in [-0.4, -0.2) is 21.3 Å². The molecule has 0 saturated heterocycles. The van der Waals surface area contributed by atoms with Crippen LogP contribution in [0.4, 0.5) is 0 Å². The van der Waals surface area contributed by atoms with Gasteiger partial charge >= 0.3 is 10.1 Å². The average Bonchev–Trinajstić information content (AvgIpc) is 3.08. The van der Waals surface area contributed by atoms with Crippen molar-refractivity contribution in [3.63, 3.8) is 0 Å². The molecular formula is C24H20O6S. The fourth-order valence-corrected chi connectivity index (χ4v) is 4.06. The zero-order valence-electron chi connectivity index (χ0n) is 17.0. The number of Topliss-reactive ketones (excluding diaryl/α,β-unsaturated/α-hetero) is 1. The first kappa shape index (κ1) is 20.7. The lowest BCUT2D eigenvalue weighted by atomic mass is 10.1. The van der Waals surface area contributed by atoms with Crippen LogP contribution in [0, 0.1) is 0 Å². The van der Waals surface area contributed by atoms with Gasteiger partial charge in [-0.1, -0.05) is 31.2 Å². The molecule has 0 radical (unpaired) electrons. The summed E-state index contributed by atoms with van der Waals surface area (Å²) in [6.07, 6.45) is 2.59. The number of ketones is 1. The second-order valence-electron chi connectivity index (χ2n) is 6.91. The molecule has 4 rings (SSSR count). The number of hydrogen-bond acceptors (Lipinski definition) is 6. The van der Waals surface area contributed by atoms with Gasteiger partial charge in [-0.3, -0.25) is 4.79 Å². The Morgan fingerprint density at radius 2 is 1.61 bits per heavy atom. The van der Waals surface area contributed by atoms with Gasteiger partial charge < -0.3 is 13.7 Å². The average molecular weight is 436 g/mol. The van der Waals surface area contributed by atoms with Crippen molar-refractivity contribution in [1.82, 2.24) is 0 Å². The number of hydrogen-bond donors (Lipinski definition) is 0. The zero-order chi connectivity index (χ0) is 22.0. The van der Waals surface area contributed by atoms with Crippen molar-refractivity contribution in [2.24, 2.45) is 0 Å². The van der Waals surface area contributed by atoms with Crippen LogP contribution >= 0.6 is 0 Å². The normalized spacial score (nSPS) is 14.3. The molecule has 1 heterocycles. The summed E-state index contributed by atoms with van der Waals surface area (Å²) in [6, 6.07) is 18.0. The Labute approximate surface area is 180 Å². The van der Waals surface area contributed by atoms with Gasteiger partial charge in [-0.25, -0.2) is 0 Å². The Balaban J connectivity index is 1.55. The Kier molecular flexibility index (Phi) is 5.52. The van der Waals surface area contributed by atoms with Crippen molar-refractivity contribution in [2.75, 3.05) is 7.11 Å². The molecule has 0 atom stereocenters. The molecule has 0 spiro atoms. The summed E-state index contributed by atoms with van der Waals surface area (Å²) < 4.78 is 41.0. The standard InChI is InChI=1S/C24H20O6S/c1-3-16-4-6-17(7-5-16)14-23-24(25)21-13-10-19(15-22(21)29-23)30-31(26,27)20-11-8-18(28-2)9-12-20/h4-15H,3H2,1-2H3/b23-14-. The monoisotopic (exact) mass is 436 g/mol. The Hall–Kier alpha value is -3.58. The number of benzene rings is 3. The van der Waals surface area contributed by atoms with Crippen molar-refractivity contribution in [3.05, 3.63) is 89.2 Å². The molecule has 7 heteroatoms. The molecule has 3 aromatic rings. The number of carbonyl (C=O) groups is 1. The van der Waals surface area contributed by atoms with E-state index in [1.165, 1.54) is 55.1 Å². The first-order chi connectivity index (χ1) is 14.9. The minimum atomic E-state index is -4.05. The highest BCUT2D eigenvalue weighted by molar-refractivity contribution is 7.87. The summed E-state index contributed by atoms with van der Waals surface area (Å²) in [5, 5.41) is 0. The summed E-state index contributed by atoms with van der Waals surface area (Å²) >= 11 is 0. The Morgan fingerprint density at radius 3 is 2.26 bits per heavy atom. The van der Waals surface area contributed by atoms with E-state index in [1.54, 1.807) is 6.08 Å². The van der Waals surface area contributed by atoms with Crippen molar-refractivity contribution in [3.8, 4) is 17.2 Å². The maximum Gasteiger partial charge on any atom is 0.339 e. The molecule has 0 bridgehead atoms. The number of ether oxygens (including phenoxy) is 2. The number of methoxy groups -OCH3 is 1. The molecular weight excluding hydrogens is 416 g/mol. The van der Waals surface area contributed by atoms with Gasteiger partial charge in [0.25, 0.3) is 0 Å². The van der Waals surface area contributed by atoms with E-state index in [0.29, 0.717) is 11.3 Å². The molecule has 1 aliphatic heterocycles. The molecule has 0 N–H and O–H groups in total. The quantitative estimate of drug-likeness (QED) is 0.414. The zero-order valence-corrected chi connectivity index (χ0v) is 17.8. The number of fused-ring (bicyclic) bond motifs is 1. The van der Waals surface area contributed by atoms with E-state index in [4.69, 9.17) is 13.7 Å². The minimum Gasteiger partial charge on any atom is -0.497 e. The SMILES string of the molecule is CCc1ccc(/C=C2\Oc3cc(OS(=O)(=O)c4ccc(OC)cc4)ccc3C2=O)cc1. The van der Waals surface area contributed by atoms with Crippen LogP contribution in [0.3, 0.4) is 0 Å². The van der Waals surface area contributed by atoms with Crippen molar-refractivity contribution in [1.29, 1.82) is 0 Å². The number of rotatable bonds is 6. The lowest BCUT2D eigenvalue weighted by Gasteiger charge is -2.08. The van der Waals surface area contributed by atoms with E-state index < -0.39 is 10.1 Å². The molecule has 158 valence electrons. The van der Waals surface area contributed by atoms with Crippen LogP contribution in [0.1, 0.15) is 28.4 Å². The maximum absolute atomic E-state index is 12.6. The van der Waals surface area contributed by atoms with Crippen LogP contribution in [0.2, 0.25) is 0 Å². The van der Waals surface area contributed by atoms with Crippen LogP contribution < -0.4 is 13.7 Å². The van der Waals surface area contributed by atoms with E-state index in [-0.39, 0.29) is 27.9 Å². The van der Waals surface area contributed by atoms with Crippen molar-refractivity contribution in [2.45, 2.75) is 18.2 Å². The van der Waals surface area contributed by atoms with Gasteiger partial charge in [-0.2, -0.15) is 8.42 Å². The third kappa shape index (κ3) is 4.32. The molecule has 31 heavy (non-hydrogen) atoms. The van der Waals surface area contributed by atoms with Gasteiger partial charge in [0.05, 0.1) is 12.7 Å². The molecule has 1 aliphatic rings. The van der Waals surface area contributed by atoms with Gasteiger partial charge in [0.1, 0.15) is 22.1 Å². The number of allylic oxidation sites excluding steroid dienone is 1. The van der Waals surface area contributed by atoms with Gasteiger partial charge in [0.2, 0.25) is 5.78 Å². The summed E-state index contributed by atoms with van der Waals surface area (Å²) in [6.45, 7) is 2.07. The summed E-state index contributed by atoms with van der Waals surface area (Å²) in [7, 11) is -2.55. The predicted octanol–water partition coefficient (Wildman–Crippen LogP) is 4.64. The molecule has 0 aliphatic carbocycles. The fourth-order valence-electron chi connectivity index (χ4n) is 3.14. The first-order valence-corrected chi connectivity index (χ1v) is 11.1. The van der Waals surface area contributed by atoms with E-state index in [0.717, 1.165) is 12.0 Å². The van der Waals surface area contributed by atoms with Crippen molar-refractivity contribution < 1.29 is 26.9 Å². The summed E-state index contributed by atoms with van der Waals surface area (Å²) in [5.41, 5.74) is 2.39. The molecule has 0 aromatic heterocycles.